The fourth-order valence-corrected chi connectivity index (χ4v) is 2.57. The molecule has 1 aromatic carbocycles. The zero-order valence-electron chi connectivity index (χ0n) is 14.8. The van der Waals surface area contributed by atoms with Crippen molar-refractivity contribution in [2.24, 2.45) is 0 Å². The van der Waals surface area contributed by atoms with E-state index in [1.165, 1.54) is 0 Å². The quantitative estimate of drug-likeness (QED) is 0.596. The normalized spacial score (nSPS) is 10.4. The van der Waals surface area contributed by atoms with Crippen LogP contribution in [0.1, 0.15) is 37.0 Å². The molecule has 5 nitrogen and oxygen atoms in total. The van der Waals surface area contributed by atoms with Crippen LogP contribution in [-0.2, 0) is 0 Å². The van der Waals surface area contributed by atoms with E-state index in [1.807, 2.05) is 19.1 Å². The van der Waals surface area contributed by atoms with Gasteiger partial charge in [-0.15, -0.1) is 0 Å². The highest BCUT2D eigenvalue weighted by molar-refractivity contribution is 9.10. The summed E-state index contributed by atoms with van der Waals surface area (Å²) in [5.74, 6) is 1.69. The largest absolute Gasteiger partial charge is 0.493 e. The Labute approximate surface area is 157 Å². The third-order valence-electron chi connectivity index (χ3n) is 3.72. The molecular weight excluding hydrogens is 384 g/mol. The van der Waals surface area contributed by atoms with Crippen molar-refractivity contribution in [1.82, 2.24) is 4.98 Å². The molecule has 0 N–H and O–H groups in total. The van der Waals surface area contributed by atoms with Crippen LogP contribution in [0.4, 0.5) is 5.82 Å². The van der Waals surface area contributed by atoms with Crippen LogP contribution in [0, 0.1) is 0 Å². The topological polar surface area (TPSA) is 51.7 Å². The number of benzene rings is 1. The molecule has 0 saturated carbocycles. The minimum atomic E-state index is -0.129. The second-order valence-electron chi connectivity index (χ2n) is 5.45. The number of halogens is 1. The molecule has 0 spiro atoms. The Morgan fingerprint density at radius 3 is 2.60 bits per heavy atom. The van der Waals surface area contributed by atoms with Crippen molar-refractivity contribution in [2.75, 3.05) is 25.2 Å². The van der Waals surface area contributed by atoms with Gasteiger partial charge in [0, 0.05) is 22.8 Å². The van der Waals surface area contributed by atoms with Crippen LogP contribution in [0.2, 0.25) is 0 Å². The van der Waals surface area contributed by atoms with Crippen LogP contribution in [0.3, 0.4) is 0 Å². The number of anilines is 1. The van der Waals surface area contributed by atoms with Crippen molar-refractivity contribution in [3.8, 4) is 11.5 Å². The second-order valence-corrected chi connectivity index (χ2v) is 6.37. The van der Waals surface area contributed by atoms with Gasteiger partial charge in [-0.3, -0.25) is 9.69 Å². The monoisotopic (exact) mass is 406 g/mol. The molecule has 0 aliphatic carbocycles. The van der Waals surface area contributed by atoms with Crippen LogP contribution in [0.15, 0.2) is 41.0 Å². The molecule has 0 aliphatic rings. The lowest BCUT2D eigenvalue weighted by molar-refractivity contribution is 0.0987. The predicted molar refractivity (Wildman–Crippen MR) is 103 cm³/mol. The maximum absolute atomic E-state index is 12.9. The number of methoxy groups -OCH3 is 1. The molecule has 0 fully saturated rings. The van der Waals surface area contributed by atoms with E-state index < -0.39 is 0 Å². The van der Waals surface area contributed by atoms with Gasteiger partial charge in [0.15, 0.2) is 11.5 Å². The summed E-state index contributed by atoms with van der Waals surface area (Å²) in [6.45, 7) is 5.17. The number of rotatable bonds is 8. The molecule has 0 saturated heterocycles. The van der Waals surface area contributed by atoms with E-state index in [0.29, 0.717) is 36.0 Å². The molecule has 0 unspecified atom stereocenters. The van der Waals surface area contributed by atoms with Crippen LogP contribution < -0.4 is 14.4 Å². The molecule has 1 heterocycles. The highest BCUT2D eigenvalue weighted by Crippen LogP contribution is 2.29. The van der Waals surface area contributed by atoms with Gasteiger partial charge in [-0.1, -0.05) is 13.3 Å². The molecule has 0 bridgehead atoms. The van der Waals surface area contributed by atoms with Crippen molar-refractivity contribution in [1.29, 1.82) is 0 Å². The molecule has 6 heteroatoms. The van der Waals surface area contributed by atoms with E-state index in [2.05, 4.69) is 27.8 Å². The molecule has 134 valence electrons. The van der Waals surface area contributed by atoms with Gasteiger partial charge in [0.1, 0.15) is 5.82 Å². The van der Waals surface area contributed by atoms with Crippen molar-refractivity contribution >= 4 is 27.7 Å². The fraction of sp³-hybridized carbons (Fsp3) is 0.368. The first-order valence-corrected chi connectivity index (χ1v) is 9.14. The smallest absolute Gasteiger partial charge is 0.259 e. The lowest BCUT2D eigenvalue weighted by Gasteiger charge is -2.20. The van der Waals surface area contributed by atoms with Crippen LogP contribution in [0.5, 0.6) is 11.5 Å². The average Bonchev–Trinajstić information content (AvgIpc) is 2.64. The van der Waals surface area contributed by atoms with Gasteiger partial charge in [-0.25, -0.2) is 4.98 Å². The number of carbonyl (C=O) groups excluding carboxylic acids is 1. The number of hydrogen-bond acceptors (Lipinski definition) is 4. The van der Waals surface area contributed by atoms with Crippen molar-refractivity contribution in [3.63, 3.8) is 0 Å². The molecular formula is C19H23BrN2O3. The summed E-state index contributed by atoms with van der Waals surface area (Å²) in [7, 11) is 1.57. The third-order valence-corrected chi connectivity index (χ3v) is 4.18. The standard InChI is InChI=1S/C19H23BrN2O3/c1-4-6-11-25-16-9-7-14(12-17(16)24-3)19(23)22(5-2)18-10-8-15(20)13-21-18/h7-10,12-13H,4-6,11H2,1-3H3. The molecule has 0 aliphatic heterocycles. The van der Waals surface area contributed by atoms with Gasteiger partial charge in [-0.05, 0) is 59.6 Å². The first-order chi connectivity index (χ1) is 12.1. The highest BCUT2D eigenvalue weighted by Gasteiger charge is 2.19. The molecule has 1 amide bonds. The second kappa shape index (κ2) is 9.42. The fourth-order valence-electron chi connectivity index (χ4n) is 2.34. The summed E-state index contributed by atoms with van der Waals surface area (Å²) in [6, 6.07) is 8.93. The highest BCUT2D eigenvalue weighted by atomic mass is 79.9. The number of nitrogens with zero attached hydrogens (tertiary/aromatic N) is 2. The molecule has 1 aromatic heterocycles. The Hall–Kier alpha value is -2.08. The molecule has 25 heavy (non-hydrogen) atoms. The van der Waals surface area contributed by atoms with Crippen molar-refractivity contribution in [2.45, 2.75) is 26.7 Å². The lowest BCUT2D eigenvalue weighted by atomic mass is 10.1. The zero-order valence-corrected chi connectivity index (χ0v) is 16.4. The van der Waals surface area contributed by atoms with E-state index in [4.69, 9.17) is 9.47 Å². The maximum Gasteiger partial charge on any atom is 0.259 e. The number of amides is 1. The number of hydrogen-bond donors (Lipinski definition) is 0. The van der Waals surface area contributed by atoms with Gasteiger partial charge >= 0.3 is 0 Å². The van der Waals surface area contributed by atoms with Gasteiger partial charge < -0.3 is 9.47 Å². The summed E-state index contributed by atoms with van der Waals surface area (Å²) < 4.78 is 12.0. The Morgan fingerprint density at radius 1 is 1.20 bits per heavy atom. The predicted octanol–water partition coefficient (Wildman–Crippen LogP) is 4.70. The van der Waals surface area contributed by atoms with E-state index in [0.717, 1.165) is 17.3 Å². The molecule has 2 aromatic rings. The van der Waals surface area contributed by atoms with Crippen LogP contribution in [0.25, 0.3) is 0 Å². The Kier molecular flexibility index (Phi) is 7.25. The SMILES string of the molecule is CCCCOc1ccc(C(=O)N(CC)c2ccc(Br)cn2)cc1OC. The van der Waals surface area contributed by atoms with Crippen molar-refractivity contribution in [3.05, 3.63) is 46.6 Å². The van der Waals surface area contributed by atoms with E-state index >= 15 is 0 Å². The summed E-state index contributed by atoms with van der Waals surface area (Å²) in [4.78, 5) is 18.8. The summed E-state index contributed by atoms with van der Waals surface area (Å²) in [6.07, 6.45) is 3.71. The lowest BCUT2D eigenvalue weighted by Crippen LogP contribution is -2.31. The zero-order chi connectivity index (χ0) is 18.2. The first-order valence-electron chi connectivity index (χ1n) is 8.35. The van der Waals surface area contributed by atoms with Gasteiger partial charge in [0.05, 0.1) is 13.7 Å². The maximum atomic E-state index is 12.9. The molecule has 2 rings (SSSR count). The molecule has 0 atom stereocenters. The van der Waals surface area contributed by atoms with Gasteiger partial charge in [0.25, 0.3) is 5.91 Å². The number of aromatic nitrogens is 1. The Bertz CT molecular complexity index is 704. The minimum Gasteiger partial charge on any atom is -0.493 e. The number of carbonyl (C=O) groups is 1. The summed E-state index contributed by atoms with van der Waals surface area (Å²) >= 11 is 3.35. The average molecular weight is 407 g/mol. The third kappa shape index (κ3) is 4.95. The van der Waals surface area contributed by atoms with Crippen LogP contribution >= 0.6 is 15.9 Å². The van der Waals surface area contributed by atoms with E-state index in [1.54, 1.807) is 36.4 Å². The van der Waals surface area contributed by atoms with E-state index in [-0.39, 0.29) is 5.91 Å². The Morgan fingerprint density at radius 2 is 2.00 bits per heavy atom. The number of ether oxygens (including phenoxy) is 2. The van der Waals surface area contributed by atoms with Crippen LogP contribution in [-0.4, -0.2) is 31.2 Å². The summed E-state index contributed by atoms with van der Waals surface area (Å²) in [5, 5.41) is 0. The summed E-state index contributed by atoms with van der Waals surface area (Å²) in [5.41, 5.74) is 0.534. The Balaban J connectivity index is 2.23. The molecule has 0 radical (unpaired) electrons. The van der Waals surface area contributed by atoms with Gasteiger partial charge in [-0.2, -0.15) is 0 Å². The van der Waals surface area contributed by atoms with Crippen molar-refractivity contribution < 1.29 is 14.3 Å². The first kappa shape index (κ1) is 19.2. The van der Waals surface area contributed by atoms with Gasteiger partial charge in [0.2, 0.25) is 0 Å². The number of pyridine rings is 1. The number of unbranched alkanes of at least 4 members (excludes halogenated alkanes) is 1. The van der Waals surface area contributed by atoms with E-state index in [9.17, 15) is 4.79 Å². The minimum absolute atomic E-state index is 0.129.